The number of hydrogen-bond acceptors (Lipinski definition) is 3. The SMILES string of the molecule is Cc1cccc(CC2(c3cccc(N4CCCC(F)(F)C4)c3)CN(C[C@@H](O)C(F)(F)F)c3ccccc32)c1. The first kappa shape index (κ1) is 26.5. The number of β-amino-alcohol motifs (C(OH)–C–C–N with tert-alkyl or cyclic N) is 1. The van der Waals surface area contributed by atoms with Crippen LogP contribution in [0.5, 0.6) is 0 Å². The molecular weight excluding hydrogens is 499 g/mol. The van der Waals surface area contributed by atoms with Gasteiger partial charge in [0, 0.05) is 36.3 Å². The molecule has 0 saturated carbocycles. The molecule has 202 valence electrons. The Balaban J connectivity index is 1.61. The second kappa shape index (κ2) is 9.88. The Morgan fingerprint density at radius 1 is 0.947 bits per heavy atom. The summed E-state index contributed by atoms with van der Waals surface area (Å²) in [6, 6.07) is 22.9. The summed E-state index contributed by atoms with van der Waals surface area (Å²) in [5, 5.41) is 9.96. The van der Waals surface area contributed by atoms with Crippen molar-refractivity contribution in [3.05, 3.63) is 95.1 Å². The van der Waals surface area contributed by atoms with Gasteiger partial charge in [-0.15, -0.1) is 0 Å². The molecule has 5 rings (SSSR count). The van der Waals surface area contributed by atoms with E-state index in [9.17, 15) is 27.1 Å². The van der Waals surface area contributed by atoms with Crippen molar-refractivity contribution in [2.24, 2.45) is 0 Å². The van der Waals surface area contributed by atoms with Crippen LogP contribution in [0, 0.1) is 6.92 Å². The lowest BCUT2D eigenvalue weighted by Crippen LogP contribution is -2.44. The Labute approximate surface area is 219 Å². The first-order valence-electron chi connectivity index (χ1n) is 12.9. The fraction of sp³-hybridized carbons (Fsp3) is 0.400. The third kappa shape index (κ3) is 5.23. The molecule has 1 saturated heterocycles. The molecule has 3 aromatic rings. The van der Waals surface area contributed by atoms with Crippen LogP contribution in [0.3, 0.4) is 0 Å². The zero-order valence-electron chi connectivity index (χ0n) is 21.2. The van der Waals surface area contributed by atoms with Crippen LogP contribution in [-0.4, -0.2) is 49.5 Å². The van der Waals surface area contributed by atoms with E-state index in [2.05, 4.69) is 6.07 Å². The second-order valence-electron chi connectivity index (χ2n) is 10.6. The monoisotopic (exact) mass is 530 g/mol. The lowest BCUT2D eigenvalue weighted by Gasteiger charge is -2.36. The van der Waals surface area contributed by atoms with Gasteiger partial charge < -0.3 is 14.9 Å². The molecule has 2 atom stereocenters. The summed E-state index contributed by atoms with van der Waals surface area (Å²) in [4.78, 5) is 3.30. The van der Waals surface area contributed by atoms with Gasteiger partial charge in [0.2, 0.25) is 0 Å². The molecule has 0 bridgehead atoms. The number of hydrogen-bond donors (Lipinski definition) is 1. The molecule has 0 radical (unpaired) electrons. The van der Waals surface area contributed by atoms with Crippen molar-refractivity contribution in [1.82, 2.24) is 0 Å². The number of halogens is 5. The van der Waals surface area contributed by atoms with Gasteiger partial charge in [-0.3, -0.25) is 0 Å². The van der Waals surface area contributed by atoms with E-state index in [-0.39, 0.29) is 19.5 Å². The summed E-state index contributed by atoms with van der Waals surface area (Å²) in [6.45, 7) is 1.77. The molecule has 1 N–H and O–H groups in total. The predicted octanol–water partition coefficient (Wildman–Crippen LogP) is 6.50. The van der Waals surface area contributed by atoms with Gasteiger partial charge in [0.25, 0.3) is 5.92 Å². The summed E-state index contributed by atoms with van der Waals surface area (Å²) in [6.07, 6.45) is -6.48. The van der Waals surface area contributed by atoms with E-state index in [1.165, 1.54) is 0 Å². The van der Waals surface area contributed by atoms with E-state index >= 15 is 0 Å². The van der Waals surface area contributed by atoms with E-state index in [0.29, 0.717) is 30.8 Å². The highest BCUT2D eigenvalue weighted by molar-refractivity contribution is 5.68. The molecule has 8 heteroatoms. The van der Waals surface area contributed by atoms with Crippen LogP contribution >= 0.6 is 0 Å². The van der Waals surface area contributed by atoms with Crippen molar-refractivity contribution in [2.75, 3.05) is 36.0 Å². The maximum absolute atomic E-state index is 14.2. The highest BCUT2D eigenvalue weighted by Crippen LogP contribution is 2.48. The summed E-state index contributed by atoms with van der Waals surface area (Å²) >= 11 is 0. The Morgan fingerprint density at radius 2 is 1.71 bits per heavy atom. The standard InChI is InChI=1S/C30H31F5N2O/c1-21-7-4-8-22(15-21)17-28(23-9-5-10-24(16-23)36-14-6-13-29(31,32)20-36)19-37(18-27(38)30(33,34)35)26-12-3-2-11-25(26)28/h2-5,7-12,15-16,27,38H,6,13-14,17-20H2,1H3/t27-,28?/m1/s1. The van der Waals surface area contributed by atoms with E-state index in [4.69, 9.17) is 0 Å². The van der Waals surface area contributed by atoms with Crippen molar-refractivity contribution >= 4 is 11.4 Å². The molecule has 2 aliphatic rings. The molecule has 1 fully saturated rings. The minimum atomic E-state index is -4.74. The minimum absolute atomic E-state index is 0.135. The molecule has 0 aliphatic carbocycles. The van der Waals surface area contributed by atoms with Crippen molar-refractivity contribution in [1.29, 1.82) is 0 Å². The maximum Gasteiger partial charge on any atom is 0.416 e. The van der Waals surface area contributed by atoms with Gasteiger partial charge in [0.1, 0.15) is 0 Å². The number of para-hydroxylation sites is 1. The highest BCUT2D eigenvalue weighted by Gasteiger charge is 2.47. The number of aryl methyl sites for hydroxylation is 1. The molecule has 2 aliphatic heterocycles. The number of benzene rings is 3. The minimum Gasteiger partial charge on any atom is -0.382 e. The summed E-state index contributed by atoms with van der Waals surface area (Å²) in [5.74, 6) is -2.77. The predicted molar refractivity (Wildman–Crippen MR) is 139 cm³/mol. The molecular formula is C30H31F5N2O. The number of fused-ring (bicyclic) bond motifs is 1. The number of rotatable bonds is 6. The Bertz CT molecular complexity index is 1290. The number of nitrogens with zero attached hydrogens (tertiary/aromatic N) is 2. The van der Waals surface area contributed by atoms with Crippen LogP contribution in [-0.2, 0) is 11.8 Å². The number of aliphatic hydroxyl groups is 1. The van der Waals surface area contributed by atoms with E-state index in [0.717, 1.165) is 22.3 Å². The van der Waals surface area contributed by atoms with Gasteiger partial charge in [-0.05, 0) is 54.7 Å². The zero-order valence-corrected chi connectivity index (χ0v) is 21.2. The molecule has 3 aromatic carbocycles. The van der Waals surface area contributed by atoms with Crippen molar-refractivity contribution in [3.8, 4) is 0 Å². The van der Waals surface area contributed by atoms with Gasteiger partial charge in [0.15, 0.2) is 6.10 Å². The summed E-state index contributed by atoms with van der Waals surface area (Å²) < 4.78 is 68.6. The van der Waals surface area contributed by atoms with Crippen LogP contribution in [0.2, 0.25) is 0 Å². The number of piperidine rings is 1. The van der Waals surface area contributed by atoms with Gasteiger partial charge in [-0.2, -0.15) is 13.2 Å². The third-order valence-corrected chi connectivity index (χ3v) is 7.74. The van der Waals surface area contributed by atoms with E-state index < -0.39 is 30.2 Å². The number of aliphatic hydroxyl groups excluding tert-OH is 1. The highest BCUT2D eigenvalue weighted by atomic mass is 19.4. The van der Waals surface area contributed by atoms with Gasteiger partial charge in [-0.25, -0.2) is 8.78 Å². The van der Waals surface area contributed by atoms with Gasteiger partial charge in [-0.1, -0.05) is 60.2 Å². The lowest BCUT2D eigenvalue weighted by molar-refractivity contribution is -0.200. The smallest absolute Gasteiger partial charge is 0.382 e. The first-order valence-corrected chi connectivity index (χ1v) is 12.9. The average Bonchev–Trinajstić information content (AvgIpc) is 3.17. The van der Waals surface area contributed by atoms with Crippen molar-refractivity contribution < 1.29 is 27.1 Å². The first-order chi connectivity index (χ1) is 18.0. The Morgan fingerprint density at radius 3 is 2.45 bits per heavy atom. The van der Waals surface area contributed by atoms with Crippen LogP contribution in [0.25, 0.3) is 0 Å². The number of anilines is 2. The topological polar surface area (TPSA) is 26.7 Å². The van der Waals surface area contributed by atoms with Crippen LogP contribution in [0.15, 0.2) is 72.8 Å². The average molecular weight is 531 g/mol. The molecule has 1 unspecified atom stereocenters. The van der Waals surface area contributed by atoms with E-state index in [1.807, 2.05) is 61.5 Å². The molecule has 3 nitrogen and oxygen atoms in total. The van der Waals surface area contributed by atoms with Crippen LogP contribution < -0.4 is 9.80 Å². The Hall–Kier alpha value is -3.13. The van der Waals surface area contributed by atoms with Crippen LogP contribution in [0.4, 0.5) is 33.3 Å². The maximum atomic E-state index is 14.2. The normalized spacial score (nSPS) is 21.9. The molecule has 38 heavy (non-hydrogen) atoms. The van der Waals surface area contributed by atoms with E-state index in [1.54, 1.807) is 21.9 Å². The van der Waals surface area contributed by atoms with Crippen LogP contribution in [0.1, 0.15) is 35.1 Å². The summed E-state index contributed by atoms with van der Waals surface area (Å²) in [5.41, 5.74) is 4.36. The summed E-state index contributed by atoms with van der Waals surface area (Å²) in [7, 11) is 0. The molecule has 0 spiro atoms. The Kier molecular flexibility index (Phi) is 6.88. The quantitative estimate of drug-likeness (QED) is 0.369. The van der Waals surface area contributed by atoms with Crippen molar-refractivity contribution in [2.45, 2.75) is 49.8 Å². The molecule has 0 aromatic heterocycles. The van der Waals surface area contributed by atoms with Crippen molar-refractivity contribution in [3.63, 3.8) is 0 Å². The van der Waals surface area contributed by atoms with Gasteiger partial charge >= 0.3 is 6.18 Å². The fourth-order valence-corrected chi connectivity index (χ4v) is 5.98. The second-order valence-corrected chi connectivity index (χ2v) is 10.6. The van der Waals surface area contributed by atoms with Gasteiger partial charge in [0.05, 0.1) is 13.1 Å². The largest absolute Gasteiger partial charge is 0.416 e. The lowest BCUT2D eigenvalue weighted by atomic mass is 9.71. The zero-order chi connectivity index (χ0) is 27.1. The number of alkyl halides is 5. The molecule has 0 amide bonds. The third-order valence-electron chi connectivity index (χ3n) is 7.74. The fourth-order valence-electron chi connectivity index (χ4n) is 5.98. The molecule has 2 heterocycles.